The number of carbonyl (C=O) groups excluding carboxylic acids is 1. The highest BCUT2D eigenvalue weighted by atomic mass is 32.2. The summed E-state index contributed by atoms with van der Waals surface area (Å²) in [6, 6.07) is 0. The van der Waals surface area contributed by atoms with E-state index in [1.54, 1.807) is 11.8 Å². The van der Waals surface area contributed by atoms with E-state index in [0.29, 0.717) is 6.42 Å². The van der Waals surface area contributed by atoms with Crippen molar-refractivity contribution in [2.45, 2.75) is 19.3 Å². The van der Waals surface area contributed by atoms with Gasteiger partial charge in [-0.05, 0) is 12.8 Å². The monoisotopic (exact) mass is 293 g/mol. The summed E-state index contributed by atoms with van der Waals surface area (Å²) in [5.41, 5.74) is 1.46. The van der Waals surface area contributed by atoms with E-state index in [9.17, 15) is 4.79 Å². The van der Waals surface area contributed by atoms with Crippen molar-refractivity contribution in [3.8, 4) is 0 Å². The Morgan fingerprint density at radius 3 is 3.25 bits per heavy atom. The van der Waals surface area contributed by atoms with Crippen LogP contribution in [0, 0.1) is 5.41 Å². The number of hydrogen-bond donors (Lipinski definition) is 0. The van der Waals surface area contributed by atoms with Crippen molar-refractivity contribution in [1.82, 2.24) is 9.80 Å². The summed E-state index contributed by atoms with van der Waals surface area (Å²) < 4.78 is 5.57. The normalized spacial score (nSPS) is 32.9. The number of carbonyl (C=O) groups is 1. The minimum atomic E-state index is 0.224. The number of piperidine rings is 1. The fourth-order valence-electron chi connectivity index (χ4n) is 3.51. The Morgan fingerprint density at radius 1 is 1.45 bits per heavy atom. The number of thioether (sulfide) groups is 1. The number of amides is 1. The summed E-state index contributed by atoms with van der Waals surface area (Å²) in [4.78, 5) is 21.0. The molecule has 4 aliphatic rings. The van der Waals surface area contributed by atoms with Gasteiger partial charge in [-0.2, -0.15) is 0 Å². The van der Waals surface area contributed by atoms with Crippen LogP contribution in [0.25, 0.3) is 0 Å². The maximum Gasteiger partial charge on any atom is 0.222 e. The standard InChI is InChI=1S/C14H19N3O2S/c18-12-1-2-14(3-6-19-10-14)9-16(12)7-11-8-20-13-15-4-5-17(11)13/h8H,1-7,9-10H2/t14-/m1/s1. The molecule has 2 fully saturated rings. The summed E-state index contributed by atoms with van der Waals surface area (Å²) in [6.07, 6.45) is 2.76. The average Bonchev–Trinajstić information content (AvgIpc) is 3.13. The summed E-state index contributed by atoms with van der Waals surface area (Å²) in [6.45, 7) is 5.10. The van der Waals surface area contributed by atoms with Gasteiger partial charge in [0, 0.05) is 42.6 Å². The molecule has 2 saturated heterocycles. The molecule has 0 aromatic carbocycles. The van der Waals surface area contributed by atoms with E-state index in [4.69, 9.17) is 4.74 Å². The van der Waals surface area contributed by atoms with Crippen LogP contribution in [0.5, 0.6) is 0 Å². The first-order chi connectivity index (χ1) is 9.76. The maximum atomic E-state index is 12.2. The number of hydrogen-bond acceptors (Lipinski definition) is 5. The number of nitrogens with zero attached hydrogens (tertiary/aromatic N) is 3. The van der Waals surface area contributed by atoms with Crippen LogP contribution >= 0.6 is 11.8 Å². The Kier molecular flexibility index (Phi) is 3.03. The van der Waals surface area contributed by atoms with Gasteiger partial charge < -0.3 is 14.5 Å². The molecule has 0 unspecified atom stereocenters. The van der Waals surface area contributed by atoms with Gasteiger partial charge in [0.1, 0.15) is 0 Å². The molecule has 108 valence electrons. The Morgan fingerprint density at radius 2 is 2.40 bits per heavy atom. The highest BCUT2D eigenvalue weighted by Crippen LogP contribution is 2.39. The lowest BCUT2D eigenvalue weighted by molar-refractivity contribution is -0.137. The van der Waals surface area contributed by atoms with Crippen LogP contribution in [0.1, 0.15) is 19.3 Å². The van der Waals surface area contributed by atoms with E-state index in [1.807, 2.05) is 4.90 Å². The van der Waals surface area contributed by atoms with Gasteiger partial charge >= 0.3 is 0 Å². The van der Waals surface area contributed by atoms with E-state index >= 15 is 0 Å². The van der Waals surface area contributed by atoms with Crippen molar-refractivity contribution < 1.29 is 9.53 Å². The van der Waals surface area contributed by atoms with E-state index < -0.39 is 0 Å². The Bertz CT molecular complexity index is 497. The molecule has 1 spiro atoms. The van der Waals surface area contributed by atoms with Crippen molar-refractivity contribution in [1.29, 1.82) is 0 Å². The molecule has 6 heteroatoms. The molecule has 0 N–H and O–H groups in total. The molecule has 0 saturated carbocycles. The van der Waals surface area contributed by atoms with E-state index in [1.165, 1.54) is 5.70 Å². The Balaban J connectivity index is 1.47. The third-order valence-electron chi connectivity index (χ3n) is 4.73. The molecule has 0 aromatic rings. The summed E-state index contributed by atoms with van der Waals surface area (Å²) in [5.74, 6) is 0.290. The van der Waals surface area contributed by atoms with Crippen molar-refractivity contribution in [2.24, 2.45) is 10.4 Å². The van der Waals surface area contributed by atoms with Crippen LogP contribution in [0.3, 0.4) is 0 Å². The zero-order chi connectivity index (χ0) is 13.6. The van der Waals surface area contributed by atoms with Gasteiger partial charge in [-0.1, -0.05) is 11.8 Å². The number of aliphatic imine (C=N–C) groups is 1. The zero-order valence-corrected chi connectivity index (χ0v) is 12.3. The first-order valence-corrected chi connectivity index (χ1v) is 8.17. The van der Waals surface area contributed by atoms with E-state index in [0.717, 1.165) is 57.4 Å². The zero-order valence-electron chi connectivity index (χ0n) is 11.5. The molecular weight excluding hydrogens is 274 g/mol. The third kappa shape index (κ3) is 2.05. The second kappa shape index (κ2) is 4.77. The number of likely N-dealkylation sites (tertiary alicyclic amines) is 1. The first-order valence-electron chi connectivity index (χ1n) is 7.29. The highest BCUT2D eigenvalue weighted by Gasteiger charge is 2.42. The lowest BCUT2D eigenvalue weighted by Gasteiger charge is -2.39. The Hall–Kier alpha value is -1.01. The molecular formula is C14H19N3O2S. The predicted molar refractivity (Wildman–Crippen MR) is 78.4 cm³/mol. The second-order valence-corrected chi connectivity index (χ2v) is 6.93. The van der Waals surface area contributed by atoms with E-state index in [2.05, 4.69) is 15.3 Å². The predicted octanol–water partition coefficient (Wildman–Crippen LogP) is 1.28. The Labute approximate surface area is 123 Å². The van der Waals surface area contributed by atoms with Crippen LogP contribution in [-0.4, -0.2) is 60.3 Å². The van der Waals surface area contributed by atoms with Crippen molar-refractivity contribution in [2.75, 3.05) is 39.4 Å². The fraction of sp³-hybridized carbons (Fsp3) is 0.714. The van der Waals surface area contributed by atoms with Crippen LogP contribution in [0.15, 0.2) is 16.1 Å². The van der Waals surface area contributed by atoms with Gasteiger partial charge in [0.25, 0.3) is 0 Å². The number of rotatable bonds is 2. The van der Waals surface area contributed by atoms with Gasteiger partial charge in [-0.15, -0.1) is 0 Å². The molecule has 4 rings (SSSR count). The van der Waals surface area contributed by atoms with Gasteiger partial charge in [-0.25, -0.2) is 0 Å². The first kappa shape index (κ1) is 12.7. The summed E-state index contributed by atoms with van der Waals surface area (Å²) in [7, 11) is 0. The minimum absolute atomic E-state index is 0.224. The SMILES string of the molecule is O=C1CC[C@@]2(CCOC2)CN1CC1=CSC2=NCCN12. The molecule has 1 atom stereocenters. The second-order valence-electron chi connectivity index (χ2n) is 6.10. The van der Waals surface area contributed by atoms with Crippen molar-refractivity contribution >= 4 is 22.8 Å². The van der Waals surface area contributed by atoms with E-state index in [-0.39, 0.29) is 11.3 Å². The van der Waals surface area contributed by atoms with Gasteiger partial charge in [0.2, 0.25) is 5.91 Å². The molecule has 20 heavy (non-hydrogen) atoms. The van der Waals surface area contributed by atoms with Crippen LogP contribution in [0.2, 0.25) is 0 Å². The van der Waals surface area contributed by atoms with Gasteiger partial charge in [-0.3, -0.25) is 9.79 Å². The van der Waals surface area contributed by atoms with Crippen molar-refractivity contribution in [3.63, 3.8) is 0 Å². The molecule has 1 amide bonds. The highest BCUT2D eigenvalue weighted by molar-refractivity contribution is 8.16. The molecule has 4 heterocycles. The smallest absolute Gasteiger partial charge is 0.222 e. The summed E-state index contributed by atoms with van der Waals surface area (Å²) >= 11 is 1.69. The van der Waals surface area contributed by atoms with Crippen LogP contribution < -0.4 is 0 Å². The van der Waals surface area contributed by atoms with Gasteiger partial charge in [0.05, 0.1) is 19.7 Å². The van der Waals surface area contributed by atoms with Crippen molar-refractivity contribution in [3.05, 3.63) is 11.1 Å². The van der Waals surface area contributed by atoms with Crippen LogP contribution in [0.4, 0.5) is 0 Å². The molecule has 0 aromatic heterocycles. The topological polar surface area (TPSA) is 45.1 Å². The molecule has 0 bridgehead atoms. The number of ether oxygens (including phenoxy) is 1. The van der Waals surface area contributed by atoms with Gasteiger partial charge in [0.15, 0.2) is 5.17 Å². The minimum Gasteiger partial charge on any atom is -0.381 e. The largest absolute Gasteiger partial charge is 0.381 e. The average molecular weight is 293 g/mol. The van der Waals surface area contributed by atoms with Crippen LogP contribution in [-0.2, 0) is 9.53 Å². The maximum absolute atomic E-state index is 12.2. The number of amidine groups is 1. The molecule has 0 aliphatic carbocycles. The summed E-state index contributed by atoms with van der Waals surface area (Å²) in [5, 5.41) is 3.25. The third-order valence-corrected chi connectivity index (χ3v) is 5.68. The molecule has 4 aliphatic heterocycles. The quantitative estimate of drug-likeness (QED) is 0.769. The lowest BCUT2D eigenvalue weighted by Crippen LogP contribution is -2.48. The number of fused-ring (bicyclic) bond motifs is 1. The fourth-order valence-corrected chi connectivity index (χ4v) is 4.46. The lowest BCUT2D eigenvalue weighted by atomic mass is 9.79. The molecule has 0 radical (unpaired) electrons. The molecule has 5 nitrogen and oxygen atoms in total.